The topological polar surface area (TPSA) is 70.3 Å². The van der Waals surface area contributed by atoms with E-state index in [0.717, 1.165) is 11.1 Å². The van der Waals surface area contributed by atoms with Gasteiger partial charge in [0.1, 0.15) is 11.7 Å². The van der Waals surface area contributed by atoms with Crippen molar-refractivity contribution in [3.8, 4) is 6.07 Å². The van der Waals surface area contributed by atoms with Gasteiger partial charge in [0.15, 0.2) is 11.6 Å². The Morgan fingerprint density at radius 2 is 1.87 bits per heavy atom. The van der Waals surface area contributed by atoms with E-state index >= 15 is 0 Å². The Bertz CT molecular complexity index is 1100. The monoisotopic (exact) mass is 420 g/mol. The molecule has 4 nitrogen and oxygen atoms in total. The molecule has 6 heteroatoms. The minimum Gasteiger partial charge on any atom is -0.295 e. The van der Waals surface area contributed by atoms with E-state index in [-0.39, 0.29) is 17.3 Å². The summed E-state index contributed by atoms with van der Waals surface area (Å²) in [7, 11) is 0. The minimum atomic E-state index is -0.666. The molecule has 2 aromatic rings. The fourth-order valence-electron chi connectivity index (χ4n) is 3.64. The first-order valence-corrected chi connectivity index (χ1v) is 10.5. The molecule has 3 rings (SSSR count). The molecule has 0 aromatic heterocycles. The van der Waals surface area contributed by atoms with Crippen molar-refractivity contribution in [1.29, 1.82) is 5.26 Å². The number of aryl methyl sites for hydroxylation is 1. The number of carbonyl (C=O) groups excluding carboxylic acids is 2. The van der Waals surface area contributed by atoms with E-state index in [0.29, 0.717) is 21.9 Å². The van der Waals surface area contributed by atoms with Gasteiger partial charge in [0.05, 0.1) is 16.9 Å². The second-order valence-corrected chi connectivity index (χ2v) is 8.22. The molecule has 1 aliphatic heterocycles. The third-order valence-corrected chi connectivity index (χ3v) is 6.06. The SMILES string of the molecule is CC(=O)C1=C(C)N=C(SCC(=O)c2ccc(F)cc2)C(C#N)[C@H]1c1cccc(C)c1. The first-order chi connectivity index (χ1) is 14.3. The predicted octanol–water partition coefficient (Wildman–Crippen LogP) is 5.25. The molecule has 0 saturated carbocycles. The van der Waals surface area contributed by atoms with Crippen LogP contribution in [0.4, 0.5) is 4.39 Å². The van der Waals surface area contributed by atoms with Gasteiger partial charge in [-0.3, -0.25) is 9.59 Å². The zero-order valence-electron chi connectivity index (χ0n) is 17.0. The van der Waals surface area contributed by atoms with Crippen LogP contribution in [0.3, 0.4) is 0 Å². The van der Waals surface area contributed by atoms with Crippen LogP contribution in [0.1, 0.15) is 41.3 Å². The van der Waals surface area contributed by atoms with Crippen molar-refractivity contribution < 1.29 is 14.0 Å². The van der Waals surface area contributed by atoms with Gasteiger partial charge in [-0.25, -0.2) is 9.38 Å². The van der Waals surface area contributed by atoms with E-state index in [1.807, 2.05) is 31.2 Å². The molecule has 0 aliphatic carbocycles. The average Bonchev–Trinajstić information content (AvgIpc) is 2.71. The lowest BCUT2D eigenvalue weighted by atomic mass is 9.77. The Hall–Kier alpha value is -3.04. The molecule has 0 radical (unpaired) electrons. The van der Waals surface area contributed by atoms with E-state index in [1.54, 1.807) is 6.92 Å². The van der Waals surface area contributed by atoms with Gasteiger partial charge in [0, 0.05) is 22.8 Å². The molecule has 152 valence electrons. The third kappa shape index (κ3) is 4.58. The van der Waals surface area contributed by atoms with Crippen molar-refractivity contribution in [1.82, 2.24) is 0 Å². The summed E-state index contributed by atoms with van der Waals surface area (Å²) in [6.45, 7) is 5.21. The van der Waals surface area contributed by atoms with Crippen LogP contribution in [0.25, 0.3) is 0 Å². The highest BCUT2D eigenvalue weighted by Crippen LogP contribution is 2.41. The fraction of sp³-hybridized carbons (Fsp3) is 0.250. The number of nitrogens with zero attached hydrogens (tertiary/aromatic N) is 2. The third-order valence-electron chi connectivity index (χ3n) is 5.02. The van der Waals surface area contributed by atoms with Crippen molar-refractivity contribution in [2.24, 2.45) is 10.9 Å². The van der Waals surface area contributed by atoms with Crippen LogP contribution in [0.2, 0.25) is 0 Å². The highest BCUT2D eigenvalue weighted by molar-refractivity contribution is 8.14. The number of hydrogen-bond donors (Lipinski definition) is 0. The lowest BCUT2D eigenvalue weighted by Gasteiger charge is -2.30. The number of aliphatic imine (C=N–C) groups is 1. The van der Waals surface area contributed by atoms with Crippen molar-refractivity contribution in [3.05, 3.63) is 82.3 Å². The Kier molecular flexibility index (Phi) is 6.63. The Balaban J connectivity index is 1.93. The number of thioether (sulfide) groups is 1. The van der Waals surface area contributed by atoms with Crippen molar-refractivity contribution in [2.75, 3.05) is 5.75 Å². The van der Waals surface area contributed by atoms with Crippen LogP contribution in [0.5, 0.6) is 0 Å². The van der Waals surface area contributed by atoms with E-state index in [9.17, 15) is 19.2 Å². The minimum absolute atomic E-state index is 0.0753. The first-order valence-electron chi connectivity index (χ1n) is 9.50. The molecule has 1 heterocycles. The molecule has 2 atom stereocenters. The fourth-order valence-corrected chi connectivity index (χ4v) is 4.65. The quantitative estimate of drug-likeness (QED) is 0.620. The highest BCUT2D eigenvalue weighted by Gasteiger charge is 2.37. The zero-order chi connectivity index (χ0) is 21.8. The number of carbonyl (C=O) groups is 2. The summed E-state index contributed by atoms with van der Waals surface area (Å²) in [6.07, 6.45) is 0. The number of halogens is 1. The number of rotatable bonds is 5. The van der Waals surface area contributed by atoms with Crippen LogP contribution >= 0.6 is 11.8 Å². The zero-order valence-corrected chi connectivity index (χ0v) is 17.8. The van der Waals surface area contributed by atoms with Gasteiger partial charge in [-0.05, 0) is 50.6 Å². The van der Waals surface area contributed by atoms with E-state index in [4.69, 9.17) is 0 Å². The van der Waals surface area contributed by atoms with Gasteiger partial charge in [-0.1, -0.05) is 29.8 Å². The molecule has 1 unspecified atom stereocenters. The standard InChI is InChI=1S/C24H21FN2O2S/c1-14-5-4-6-18(11-14)23-20(12-26)24(27-15(2)22(23)16(3)28)30-13-21(29)17-7-9-19(25)10-8-17/h4-11,20,23H,13H2,1-3H3/t20?,23-/m1/s1. The summed E-state index contributed by atoms with van der Waals surface area (Å²) in [5.41, 5.74) is 3.41. The Morgan fingerprint density at radius 1 is 1.17 bits per heavy atom. The maximum Gasteiger partial charge on any atom is 0.173 e. The molecule has 0 saturated heterocycles. The van der Waals surface area contributed by atoms with Crippen LogP contribution in [0.15, 0.2) is 64.8 Å². The lowest BCUT2D eigenvalue weighted by Crippen LogP contribution is -2.28. The second kappa shape index (κ2) is 9.19. The summed E-state index contributed by atoms with van der Waals surface area (Å²) in [5, 5.41) is 10.5. The molecule has 0 fully saturated rings. The average molecular weight is 421 g/mol. The van der Waals surface area contributed by atoms with E-state index < -0.39 is 17.7 Å². The smallest absolute Gasteiger partial charge is 0.173 e. The number of allylic oxidation sites excluding steroid dienone is 2. The molecule has 0 amide bonds. The molecule has 0 spiro atoms. The Morgan fingerprint density at radius 3 is 2.47 bits per heavy atom. The lowest BCUT2D eigenvalue weighted by molar-refractivity contribution is -0.114. The highest BCUT2D eigenvalue weighted by atomic mass is 32.2. The van der Waals surface area contributed by atoms with Gasteiger partial charge >= 0.3 is 0 Å². The predicted molar refractivity (Wildman–Crippen MR) is 117 cm³/mol. The normalized spacial score (nSPS) is 18.6. The summed E-state index contributed by atoms with van der Waals surface area (Å²) in [6, 6.07) is 15.4. The van der Waals surface area contributed by atoms with Gasteiger partial charge in [-0.2, -0.15) is 5.26 Å². The maximum absolute atomic E-state index is 13.1. The van der Waals surface area contributed by atoms with Gasteiger partial charge in [-0.15, -0.1) is 11.8 Å². The first kappa shape index (κ1) is 21.7. The van der Waals surface area contributed by atoms with Gasteiger partial charge in [0.25, 0.3) is 0 Å². The molecule has 30 heavy (non-hydrogen) atoms. The molecule has 1 aliphatic rings. The van der Waals surface area contributed by atoms with Crippen LogP contribution in [0, 0.1) is 30.0 Å². The number of Topliss-reactive ketones (excluding diaryl/α,β-unsaturated/α-hetero) is 2. The summed E-state index contributed by atoms with van der Waals surface area (Å²) in [4.78, 5) is 29.4. The van der Waals surface area contributed by atoms with E-state index in [2.05, 4.69) is 11.1 Å². The molecule has 0 N–H and O–H groups in total. The van der Waals surface area contributed by atoms with Gasteiger partial charge in [0.2, 0.25) is 0 Å². The van der Waals surface area contributed by atoms with Crippen LogP contribution in [-0.4, -0.2) is 22.4 Å². The maximum atomic E-state index is 13.1. The second-order valence-electron chi connectivity index (χ2n) is 7.22. The van der Waals surface area contributed by atoms with E-state index in [1.165, 1.54) is 43.0 Å². The molecular formula is C24H21FN2O2S. The largest absolute Gasteiger partial charge is 0.295 e. The van der Waals surface area contributed by atoms with Crippen molar-refractivity contribution in [3.63, 3.8) is 0 Å². The molecule has 0 bridgehead atoms. The number of benzene rings is 2. The van der Waals surface area contributed by atoms with Crippen LogP contribution in [-0.2, 0) is 4.79 Å². The summed E-state index contributed by atoms with van der Waals surface area (Å²) in [5.74, 6) is -1.72. The number of hydrogen-bond acceptors (Lipinski definition) is 5. The number of nitriles is 1. The number of ketones is 2. The van der Waals surface area contributed by atoms with Crippen molar-refractivity contribution in [2.45, 2.75) is 26.7 Å². The van der Waals surface area contributed by atoms with Crippen molar-refractivity contribution >= 4 is 28.4 Å². The Labute approximate surface area is 179 Å². The van der Waals surface area contributed by atoms with Gasteiger partial charge < -0.3 is 0 Å². The molecular weight excluding hydrogens is 399 g/mol. The van der Waals surface area contributed by atoms with Crippen LogP contribution < -0.4 is 0 Å². The molecule has 2 aromatic carbocycles. The summed E-state index contributed by atoms with van der Waals surface area (Å²) < 4.78 is 13.1. The summed E-state index contributed by atoms with van der Waals surface area (Å²) >= 11 is 1.20.